The summed E-state index contributed by atoms with van der Waals surface area (Å²) in [5.41, 5.74) is 5.01. The van der Waals surface area contributed by atoms with Gasteiger partial charge in [-0.1, -0.05) is 37.3 Å². The van der Waals surface area contributed by atoms with Crippen LogP contribution in [0.1, 0.15) is 24.9 Å². The number of nitrogens with zero attached hydrogens (tertiary/aromatic N) is 3. The smallest absolute Gasteiger partial charge is 0.110 e. The summed E-state index contributed by atoms with van der Waals surface area (Å²) in [7, 11) is 0. The molecule has 0 aliphatic heterocycles. The van der Waals surface area contributed by atoms with Crippen LogP contribution in [-0.2, 0) is 13.0 Å². The van der Waals surface area contributed by atoms with Gasteiger partial charge in [-0.2, -0.15) is 0 Å². The molecule has 3 aromatic rings. The number of aliphatic hydroxyl groups excluding tert-OH is 1. The largest absolute Gasteiger partial charge is 0.396 e. The summed E-state index contributed by atoms with van der Waals surface area (Å²) in [6, 6.07) is 10.2. The minimum absolute atomic E-state index is 0.165. The molecule has 0 aliphatic rings. The van der Waals surface area contributed by atoms with Crippen LogP contribution >= 0.6 is 0 Å². The van der Waals surface area contributed by atoms with Gasteiger partial charge in [0.2, 0.25) is 0 Å². The first-order valence-corrected chi connectivity index (χ1v) is 8.01. The van der Waals surface area contributed by atoms with E-state index in [1.807, 2.05) is 31.5 Å². The predicted molar refractivity (Wildman–Crippen MR) is 91.1 cm³/mol. The summed E-state index contributed by atoms with van der Waals surface area (Å²) in [5.74, 6) is 0.978. The molecule has 0 unspecified atom stereocenters. The molecule has 23 heavy (non-hydrogen) atoms. The van der Waals surface area contributed by atoms with Gasteiger partial charge in [0.25, 0.3) is 0 Å². The van der Waals surface area contributed by atoms with E-state index in [4.69, 9.17) is 10.1 Å². The number of hydrogen-bond acceptors (Lipinski definition) is 3. The lowest BCUT2D eigenvalue weighted by Gasteiger charge is -2.09. The highest BCUT2D eigenvalue weighted by atomic mass is 16.3. The Morgan fingerprint density at radius 1 is 1.17 bits per heavy atom. The summed E-state index contributed by atoms with van der Waals surface area (Å²) in [6.07, 6.45) is 3.40. The van der Waals surface area contributed by atoms with Gasteiger partial charge in [0.15, 0.2) is 0 Å². The Labute approximate surface area is 136 Å². The van der Waals surface area contributed by atoms with E-state index in [0.717, 1.165) is 47.1 Å². The first-order valence-electron chi connectivity index (χ1n) is 8.01. The topological polar surface area (TPSA) is 66.7 Å². The normalized spacial score (nSPS) is 11.1. The number of aryl methyl sites for hydroxylation is 3. The van der Waals surface area contributed by atoms with E-state index in [1.54, 1.807) is 0 Å². The van der Waals surface area contributed by atoms with Gasteiger partial charge in [-0.3, -0.25) is 0 Å². The molecule has 120 valence electrons. The van der Waals surface area contributed by atoms with Crippen molar-refractivity contribution in [1.82, 2.24) is 19.5 Å². The second-order valence-electron chi connectivity index (χ2n) is 5.59. The van der Waals surface area contributed by atoms with Crippen LogP contribution in [0.4, 0.5) is 0 Å². The third-order valence-corrected chi connectivity index (χ3v) is 3.94. The van der Waals surface area contributed by atoms with Crippen molar-refractivity contribution in [3.05, 3.63) is 48.2 Å². The molecule has 0 fully saturated rings. The van der Waals surface area contributed by atoms with Crippen molar-refractivity contribution in [2.45, 2.75) is 33.2 Å². The maximum Gasteiger partial charge on any atom is 0.110 e. The predicted octanol–water partition coefficient (Wildman–Crippen LogP) is 3.19. The summed E-state index contributed by atoms with van der Waals surface area (Å²) >= 11 is 0. The zero-order valence-electron chi connectivity index (χ0n) is 13.6. The number of rotatable bonds is 6. The van der Waals surface area contributed by atoms with Gasteiger partial charge < -0.3 is 14.7 Å². The molecular formula is C18H22N4O. The van der Waals surface area contributed by atoms with Crippen LogP contribution in [0.2, 0.25) is 0 Å². The Balaban J connectivity index is 2.14. The van der Waals surface area contributed by atoms with Crippen LogP contribution < -0.4 is 0 Å². The standard InChI is InChI=1S/C18H22N4O/c1-3-15-20-13(2)16(21-15)18-17(14-8-5-4-6-9-14)19-12-22(18)10-7-11-23/h4-6,8-9,12,23H,3,7,10-11H2,1-2H3,(H,20,21). The van der Waals surface area contributed by atoms with Crippen LogP contribution in [0.25, 0.3) is 22.6 Å². The fourth-order valence-electron chi connectivity index (χ4n) is 2.77. The Hall–Kier alpha value is -2.40. The van der Waals surface area contributed by atoms with Crippen molar-refractivity contribution in [3.63, 3.8) is 0 Å². The van der Waals surface area contributed by atoms with E-state index >= 15 is 0 Å². The van der Waals surface area contributed by atoms with Gasteiger partial charge >= 0.3 is 0 Å². The molecular weight excluding hydrogens is 288 g/mol. The molecule has 1 aromatic carbocycles. The molecule has 5 heteroatoms. The highest BCUT2D eigenvalue weighted by Gasteiger charge is 2.19. The van der Waals surface area contributed by atoms with Crippen LogP contribution in [0.3, 0.4) is 0 Å². The summed E-state index contributed by atoms with van der Waals surface area (Å²) in [4.78, 5) is 12.7. The van der Waals surface area contributed by atoms with Crippen LogP contribution in [0.15, 0.2) is 36.7 Å². The number of aromatic nitrogens is 4. The first kappa shape index (κ1) is 15.5. The van der Waals surface area contributed by atoms with Gasteiger partial charge in [0, 0.05) is 30.8 Å². The number of benzene rings is 1. The van der Waals surface area contributed by atoms with E-state index in [9.17, 15) is 0 Å². The molecule has 0 atom stereocenters. The van der Waals surface area contributed by atoms with E-state index in [2.05, 4.69) is 33.6 Å². The molecule has 0 aliphatic carbocycles. The van der Waals surface area contributed by atoms with Gasteiger partial charge in [-0.05, 0) is 13.3 Å². The summed E-state index contributed by atoms with van der Waals surface area (Å²) < 4.78 is 2.08. The number of imidazole rings is 2. The summed E-state index contributed by atoms with van der Waals surface area (Å²) in [5, 5.41) is 9.15. The Bertz CT molecular complexity index is 774. The third kappa shape index (κ3) is 3.05. The molecule has 5 nitrogen and oxygen atoms in total. The number of nitrogens with one attached hydrogen (secondary N) is 1. The molecule has 3 rings (SSSR count). The van der Waals surface area contributed by atoms with Crippen molar-refractivity contribution in [1.29, 1.82) is 0 Å². The maximum absolute atomic E-state index is 9.15. The molecule has 0 saturated heterocycles. The van der Waals surface area contributed by atoms with Crippen molar-refractivity contribution >= 4 is 0 Å². The lowest BCUT2D eigenvalue weighted by atomic mass is 10.1. The second-order valence-corrected chi connectivity index (χ2v) is 5.59. The molecule has 2 aromatic heterocycles. The van der Waals surface area contributed by atoms with Crippen molar-refractivity contribution in [3.8, 4) is 22.6 Å². The van der Waals surface area contributed by atoms with Crippen LogP contribution in [0.5, 0.6) is 0 Å². The Kier molecular flexibility index (Phi) is 4.57. The average molecular weight is 310 g/mol. The molecule has 0 bridgehead atoms. The van der Waals surface area contributed by atoms with E-state index in [0.29, 0.717) is 6.42 Å². The van der Waals surface area contributed by atoms with Gasteiger partial charge in [-0.25, -0.2) is 9.97 Å². The fraction of sp³-hybridized carbons (Fsp3) is 0.333. The fourth-order valence-corrected chi connectivity index (χ4v) is 2.77. The SMILES string of the molecule is CCc1nc(-c2c(-c3ccccc3)ncn2CCCO)c(C)[nH]1. The molecule has 0 radical (unpaired) electrons. The third-order valence-electron chi connectivity index (χ3n) is 3.94. The zero-order chi connectivity index (χ0) is 16.2. The Morgan fingerprint density at radius 2 is 1.96 bits per heavy atom. The monoisotopic (exact) mass is 310 g/mol. The number of aliphatic hydroxyl groups is 1. The zero-order valence-corrected chi connectivity index (χ0v) is 13.6. The molecule has 2 N–H and O–H groups in total. The van der Waals surface area contributed by atoms with Gasteiger partial charge in [-0.15, -0.1) is 0 Å². The molecule has 2 heterocycles. The van der Waals surface area contributed by atoms with Crippen molar-refractivity contribution in [2.75, 3.05) is 6.61 Å². The van der Waals surface area contributed by atoms with Gasteiger partial charge in [0.1, 0.15) is 11.5 Å². The summed E-state index contributed by atoms with van der Waals surface area (Å²) in [6.45, 7) is 5.01. The highest BCUT2D eigenvalue weighted by molar-refractivity contribution is 5.77. The van der Waals surface area contributed by atoms with E-state index < -0.39 is 0 Å². The average Bonchev–Trinajstić information content (AvgIpc) is 3.16. The lowest BCUT2D eigenvalue weighted by Crippen LogP contribution is -2.02. The first-order chi connectivity index (χ1) is 11.2. The highest BCUT2D eigenvalue weighted by Crippen LogP contribution is 2.32. The van der Waals surface area contributed by atoms with Crippen molar-refractivity contribution in [2.24, 2.45) is 0 Å². The quantitative estimate of drug-likeness (QED) is 0.735. The second kappa shape index (κ2) is 6.79. The van der Waals surface area contributed by atoms with Crippen LogP contribution in [0, 0.1) is 6.92 Å². The molecule has 0 saturated carbocycles. The van der Waals surface area contributed by atoms with E-state index in [-0.39, 0.29) is 6.61 Å². The Morgan fingerprint density at radius 3 is 2.61 bits per heavy atom. The maximum atomic E-state index is 9.15. The molecule has 0 spiro atoms. The molecule has 0 amide bonds. The van der Waals surface area contributed by atoms with Crippen molar-refractivity contribution < 1.29 is 5.11 Å². The number of H-pyrrole nitrogens is 1. The number of hydrogen-bond donors (Lipinski definition) is 2. The van der Waals surface area contributed by atoms with Gasteiger partial charge in [0.05, 0.1) is 17.7 Å². The minimum atomic E-state index is 0.165. The lowest BCUT2D eigenvalue weighted by molar-refractivity contribution is 0.280. The van der Waals surface area contributed by atoms with Crippen LogP contribution in [-0.4, -0.2) is 31.2 Å². The van der Waals surface area contributed by atoms with E-state index in [1.165, 1.54) is 0 Å². The minimum Gasteiger partial charge on any atom is -0.396 e. The number of aromatic amines is 1.